The fourth-order valence-corrected chi connectivity index (χ4v) is 5.61. The Bertz CT molecular complexity index is 1710. The number of amides is 2. The van der Waals surface area contributed by atoms with Crippen LogP contribution in [0.5, 0.6) is 0 Å². The second-order valence-corrected chi connectivity index (χ2v) is 11.4. The molecule has 2 amide bonds. The summed E-state index contributed by atoms with van der Waals surface area (Å²) in [6.45, 7) is 2.80. The predicted molar refractivity (Wildman–Crippen MR) is 167 cm³/mol. The van der Waals surface area contributed by atoms with Crippen molar-refractivity contribution in [1.29, 1.82) is 0 Å². The molecular weight excluding hydrogens is 619 g/mol. The van der Waals surface area contributed by atoms with Crippen LogP contribution in [-0.4, -0.2) is 73.3 Å². The average Bonchev–Trinajstić information content (AvgIpc) is 3.74. The highest BCUT2D eigenvalue weighted by Gasteiger charge is 2.29. The van der Waals surface area contributed by atoms with Crippen LogP contribution in [-0.2, 0) is 25.5 Å². The summed E-state index contributed by atoms with van der Waals surface area (Å²) in [5.74, 6) is -0.542. The minimum absolute atomic E-state index is 0.0187. The molecule has 0 bridgehead atoms. The lowest BCUT2D eigenvalue weighted by molar-refractivity contribution is -0.139. The van der Waals surface area contributed by atoms with Gasteiger partial charge in [0.1, 0.15) is 6.33 Å². The monoisotopic (exact) mass is 648 g/mol. The number of nitrogens with one attached hydrogen (secondary N) is 1. The topological polar surface area (TPSA) is 145 Å². The van der Waals surface area contributed by atoms with E-state index in [1.165, 1.54) is 24.2 Å². The van der Waals surface area contributed by atoms with Crippen molar-refractivity contribution in [2.24, 2.45) is 5.92 Å². The molecule has 1 saturated heterocycles. The Hall–Kier alpha value is -4.68. The molecule has 2 atom stereocenters. The van der Waals surface area contributed by atoms with E-state index < -0.39 is 6.04 Å². The highest BCUT2D eigenvalue weighted by molar-refractivity contribution is 6.32. The Morgan fingerprint density at radius 2 is 1.91 bits per heavy atom. The van der Waals surface area contributed by atoms with Gasteiger partial charge in [-0.3, -0.25) is 14.4 Å². The molecule has 232 valence electrons. The van der Waals surface area contributed by atoms with Gasteiger partial charge >= 0.3 is 5.97 Å². The van der Waals surface area contributed by atoms with Gasteiger partial charge in [-0.1, -0.05) is 47.5 Å². The fourth-order valence-electron chi connectivity index (χ4n) is 5.23. The smallest absolute Gasteiger partial charge is 0.309 e. The van der Waals surface area contributed by atoms with Crippen molar-refractivity contribution in [1.82, 2.24) is 40.6 Å². The molecule has 45 heavy (non-hydrogen) atoms. The van der Waals surface area contributed by atoms with E-state index >= 15 is 0 Å². The van der Waals surface area contributed by atoms with E-state index in [2.05, 4.69) is 31.0 Å². The summed E-state index contributed by atoms with van der Waals surface area (Å²) in [5, 5.41) is 23.6. The highest BCUT2D eigenvalue weighted by atomic mass is 35.5. The number of halogens is 2. The molecule has 1 fully saturated rings. The van der Waals surface area contributed by atoms with Crippen LogP contribution >= 0.6 is 23.2 Å². The van der Waals surface area contributed by atoms with Crippen molar-refractivity contribution in [3.63, 3.8) is 0 Å². The van der Waals surface area contributed by atoms with Crippen molar-refractivity contribution in [3.05, 3.63) is 87.9 Å². The Morgan fingerprint density at radius 1 is 1.11 bits per heavy atom. The van der Waals surface area contributed by atoms with E-state index in [1.807, 2.05) is 30.3 Å². The number of ether oxygens (including phenoxy) is 1. The van der Waals surface area contributed by atoms with Gasteiger partial charge in [-0.15, -0.1) is 10.2 Å². The number of hydrogen-bond donors (Lipinski definition) is 1. The first-order valence-corrected chi connectivity index (χ1v) is 14.9. The van der Waals surface area contributed by atoms with Gasteiger partial charge < -0.3 is 15.0 Å². The van der Waals surface area contributed by atoms with Gasteiger partial charge in [-0.25, -0.2) is 0 Å². The average molecular weight is 650 g/mol. The predicted octanol–water partition coefficient (Wildman–Crippen LogP) is 4.27. The first-order chi connectivity index (χ1) is 21.7. The first-order valence-electron chi connectivity index (χ1n) is 14.2. The van der Waals surface area contributed by atoms with Crippen LogP contribution in [0.3, 0.4) is 0 Å². The molecule has 14 heteroatoms. The number of nitrogens with zero attached hydrogens (tertiary/aromatic N) is 7. The molecule has 0 spiro atoms. The highest BCUT2D eigenvalue weighted by Crippen LogP contribution is 2.32. The molecule has 4 aromatic rings. The fraction of sp³-hybridized carbons (Fsp3) is 0.290. The maximum atomic E-state index is 13.3. The lowest BCUT2D eigenvalue weighted by Crippen LogP contribution is -2.31. The van der Waals surface area contributed by atoms with E-state index in [1.54, 1.807) is 36.1 Å². The number of methoxy groups -OCH3 is 1. The summed E-state index contributed by atoms with van der Waals surface area (Å²) in [6.07, 6.45) is 5.98. The third-order valence-electron chi connectivity index (χ3n) is 7.58. The van der Waals surface area contributed by atoms with Crippen LogP contribution in [0, 0.1) is 5.92 Å². The molecule has 0 radical (unpaired) electrons. The summed E-state index contributed by atoms with van der Waals surface area (Å²) >= 11 is 12.7. The van der Waals surface area contributed by atoms with Gasteiger partial charge in [0, 0.05) is 42.2 Å². The minimum atomic E-state index is -0.528. The number of likely N-dealkylation sites (tertiary alicyclic amines) is 1. The Labute approximate surface area is 269 Å². The van der Waals surface area contributed by atoms with Crippen LogP contribution < -0.4 is 5.32 Å². The zero-order valence-electron chi connectivity index (χ0n) is 24.6. The second kappa shape index (κ2) is 14.4. The first kappa shape index (κ1) is 31.7. The molecule has 0 aliphatic carbocycles. The van der Waals surface area contributed by atoms with Crippen molar-refractivity contribution in [2.45, 2.75) is 32.2 Å². The second-order valence-electron chi connectivity index (χ2n) is 10.6. The van der Waals surface area contributed by atoms with E-state index in [4.69, 9.17) is 27.9 Å². The number of aromatic nitrogens is 6. The van der Waals surface area contributed by atoms with Gasteiger partial charge in [0.25, 0.3) is 0 Å². The Kier molecular flexibility index (Phi) is 10.2. The molecule has 2 aromatic carbocycles. The normalized spacial score (nSPS) is 15.3. The summed E-state index contributed by atoms with van der Waals surface area (Å²) < 4.78 is 6.23. The lowest BCUT2D eigenvalue weighted by Gasteiger charge is -2.22. The number of benzene rings is 2. The summed E-state index contributed by atoms with van der Waals surface area (Å²) in [7, 11) is 1.35. The Morgan fingerprint density at radius 3 is 2.60 bits per heavy atom. The lowest BCUT2D eigenvalue weighted by atomic mass is 9.95. The van der Waals surface area contributed by atoms with E-state index in [0.29, 0.717) is 47.0 Å². The van der Waals surface area contributed by atoms with E-state index in [9.17, 15) is 14.4 Å². The number of rotatable bonds is 10. The molecule has 12 nitrogen and oxygen atoms in total. The van der Waals surface area contributed by atoms with Crippen LogP contribution in [0.15, 0.2) is 60.9 Å². The van der Waals surface area contributed by atoms with E-state index in [-0.39, 0.29) is 35.3 Å². The quantitative estimate of drug-likeness (QED) is 0.197. The molecule has 1 aliphatic rings. The minimum Gasteiger partial charge on any atom is -0.469 e. The van der Waals surface area contributed by atoms with Gasteiger partial charge in [-0.2, -0.15) is 9.78 Å². The number of tetrazole rings is 1. The van der Waals surface area contributed by atoms with Crippen molar-refractivity contribution < 1.29 is 19.1 Å². The largest absolute Gasteiger partial charge is 0.469 e. The Balaban J connectivity index is 1.41. The summed E-state index contributed by atoms with van der Waals surface area (Å²) in [4.78, 5) is 38.8. The number of carbonyl (C=O) groups excluding carboxylic acids is 3. The molecule has 1 aliphatic heterocycles. The van der Waals surface area contributed by atoms with E-state index in [0.717, 1.165) is 17.5 Å². The van der Waals surface area contributed by atoms with Crippen molar-refractivity contribution in [2.75, 3.05) is 20.2 Å². The maximum Gasteiger partial charge on any atom is 0.309 e. The molecule has 0 saturated carbocycles. The molecule has 3 heterocycles. The summed E-state index contributed by atoms with van der Waals surface area (Å²) in [5.41, 5.74) is 4.00. The maximum absolute atomic E-state index is 13.3. The molecule has 1 N–H and O–H groups in total. The van der Waals surface area contributed by atoms with Crippen LogP contribution in [0.4, 0.5) is 0 Å². The van der Waals surface area contributed by atoms with Gasteiger partial charge in [0.05, 0.1) is 31.0 Å². The number of hydrogen-bond acceptors (Lipinski definition) is 9. The standard InChI is InChI=1S/C31H30Cl2N8O4/c1-19(42)40-12-11-21(17-40)13-26(35-29(43)10-7-23-15-24(32)8-9-28(23)41-18-34-38-39-41)27-16-25(31(33)37-36-27)22-5-3-20(4-6-22)14-30(44)45-2/h3-10,15-16,18,21,26H,11-14,17H2,1-2H3,(H,35,43)/b10-7+/t21?,26-/m0/s1. The van der Waals surface area contributed by atoms with Crippen LogP contribution in [0.2, 0.25) is 10.2 Å². The third kappa shape index (κ3) is 8.08. The summed E-state index contributed by atoms with van der Waals surface area (Å²) in [6, 6.07) is 13.8. The van der Waals surface area contributed by atoms with Crippen molar-refractivity contribution >= 4 is 47.1 Å². The van der Waals surface area contributed by atoms with Gasteiger partial charge in [0.15, 0.2) is 5.15 Å². The van der Waals surface area contributed by atoms with Gasteiger partial charge in [0.2, 0.25) is 11.8 Å². The zero-order valence-corrected chi connectivity index (χ0v) is 26.1. The SMILES string of the molecule is COC(=O)Cc1ccc(-c2cc([C@H](CC3CCN(C(C)=O)C3)NC(=O)/C=C/c3cc(Cl)ccc3-n3cnnn3)nnc2Cl)cc1. The van der Waals surface area contributed by atoms with Crippen molar-refractivity contribution in [3.8, 4) is 16.8 Å². The number of carbonyl (C=O) groups is 3. The molecular formula is C31H30Cl2N8O4. The van der Waals surface area contributed by atoms with Gasteiger partial charge in [-0.05, 0) is 70.7 Å². The van der Waals surface area contributed by atoms with Crippen LogP contribution in [0.1, 0.15) is 42.6 Å². The van der Waals surface area contributed by atoms with Crippen LogP contribution in [0.25, 0.3) is 22.9 Å². The number of esters is 1. The molecule has 1 unspecified atom stereocenters. The zero-order chi connectivity index (χ0) is 31.9. The third-order valence-corrected chi connectivity index (χ3v) is 8.10. The molecule has 2 aromatic heterocycles. The molecule has 5 rings (SSSR count).